The third kappa shape index (κ3) is 2.57. The van der Waals surface area contributed by atoms with E-state index in [1.807, 2.05) is 11.0 Å². The molecule has 2 aliphatic heterocycles. The molecule has 1 aromatic heterocycles. The van der Waals surface area contributed by atoms with Crippen LogP contribution in [0.25, 0.3) is 0 Å². The standard InChI is InChI=1S/C17H24N2O3/c1-12-10-19(11-15(12)18-5-8-21-9-6-18)17(20)14-4-7-22-16(14)13-2-3-13/h4,7,12-13,15H,2-3,5-6,8-11H2,1H3/t12-,15+/m0/s1. The fourth-order valence-electron chi connectivity index (χ4n) is 3.83. The van der Waals surface area contributed by atoms with Crippen LogP contribution in [0.1, 0.15) is 41.8 Å². The summed E-state index contributed by atoms with van der Waals surface area (Å²) in [5.41, 5.74) is 0.789. The molecule has 120 valence electrons. The average molecular weight is 304 g/mol. The molecule has 5 nitrogen and oxygen atoms in total. The molecule has 1 aliphatic carbocycles. The van der Waals surface area contributed by atoms with E-state index in [1.165, 1.54) is 0 Å². The molecule has 1 aromatic rings. The lowest BCUT2D eigenvalue weighted by molar-refractivity contribution is 0.0119. The summed E-state index contributed by atoms with van der Waals surface area (Å²) in [6, 6.07) is 2.31. The third-order valence-corrected chi connectivity index (χ3v) is 5.25. The highest BCUT2D eigenvalue weighted by Gasteiger charge is 2.39. The normalized spacial score (nSPS) is 30.0. The Morgan fingerprint density at radius 1 is 1.23 bits per heavy atom. The van der Waals surface area contributed by atoms with Crippen molar-refractivity contribution in [3.63, 3.8) is 0 Å². The van der Waals surface area contributed by atoms with Crippen molar-refractivity contribution in [1.29, 1.82) is 0 Å². The topological polar surface area (TPSA) is 45.9 Å². The van der Waals surface area contributed by atoms with Gasteiger partial charge < -0.3 is 14.1 Å². The molecule has 0 unspecified atom stereocenters. The summed E-state index contributed by atoms with van der Waals surface area (Å²) < 4.78 is 11.0. The van der Waals surface area contributed by atoms with Gasteiger partial charge >= 0.3 is 0 Å². The number of likely N-dealkylation sites (tertiary alicyclic amines) is 1. The van der Waals surface area contributed by atoms with E-state index in [4.69, 9.17) is 9.15 Å². The second-order valence-corrected chi connectivity index (χ2v) is 6.88. The van der Waals surface area contributed by atoms with Crippen LogP contribution in [-0.4, -0.2) is 61.1 Å². The van der Waals surface area contributed by atoms with Gasteiger partial charge in [0.15, 0.2) is 0 Å². The first kappa shape index (κ1) is 14.3. The van der Waals surface area contributed by atoms with Crippen molar-refractivity contribution in [2.75, 3.05) is 39.4 Å². The molecule has 1 saturated carbocycles. The minimum Gasteiger partial charge on any atom is -0.468 e. The van der Waals surface area contributed by atoms with Crippen LogP contribution in [0.5, 0.6) is 0 Å². The molecule has 3 heterocycles. The summed E-state index contributed by atoms with van der Waals surface area (Å²) in [4.78, 5) is 17.4. The highest BCUT2D eigenvalue weighted by atomic mass is 16.5. The number of carbonyl (C=O) groups excluding carboxylic acids is 1. The molecular formula is C17H24N2O3. The van der Waals surface area contributed by atoms with Gasteiger partial charge in [0.25, 0.3) is 5.91 Å². The molecule has 22 heavy (non-hydrogen) atoms. The lowest BCUT2D eigenvalue weighted by Gasteiger charge is -2.33. The summed E-state index contributed by atoms with van der Waals surface area (Å²) in [5, 5.41) is 0. The minimum atomic E-state index is 0.151. The van der Waals surface area contributed by atoms with Crippen molar-refractivity contribution in [1.82, 2.24) is 9.80 Å². The van der Waals surface area contributed by atoms with Crippen LogP contribution < -0.4 is 0 Å². The highest BCUT2D eigenvalue weighted by molar-refractivity contribution is 5.95. The highest BCUT2D eigenvalue weighted by Crippen LogP contribution is 2.42. The average Bonchev–Trinajstić information content (AvgIpc) is 3.14. The molecule has 0 aromatic carbocycles. The quantitative estimate of drug-likeness (QED) is 0.856. The van der Waals surface area contributed by atoms with E-state index in [0.29, 0.717) is 17.9 Å². The van der Waals surface area contributed by atoms with Crippen LogP contribution in [0.3, 0.4) is 0 Å². The van der Waals surface area contributed by atoms with Gasteiger partial charge in [-0.15, -0.1) is 0 Å². The van der Waals surface area contributed by atoms with Gasteiger partial charge in [-0.2, -0.15) is 0 Å². The van der Waals surface area contributed by atoms with Gasteiger partial charge in [-0.1, -0.05) is 6.92 Å². The molecule has 5 heteroatoms. The number of ether oxygens (including phenoxy) is 1. The number of rotatable bonds is 3. The zero-order valence-corrected chi connectivity index (χ0v) is 13.2. The summed E-state index contributed by atoms with van der Waals surface area (Å²) in [5.74, 6) is 2.05. The second-order valence-electron chi connectivity index (χ2n) is 6.88. The Labute approximate surface area is 131 Å². The van der Waals surface area contributed by atoms with Gasteiger partial charge in [0.05, 0.1) is 25.0 Å². The molecule has 2 atom stereocenters. The van der Waals surface area contributed by atoms with Crippen molar-refractivity contribution in [3.8, 4) is 0 Å². The predicted octanol–water partition coefficient (Wildman–Crippen LogP) is 1.95. The number of carbonyl (C=O) groups is 1. The van der Waals surface area contributed by atoms with Crippen LogP contribution in [0, 0.1) is 5.92 Å². The predicted molar refractivity (Wildman–Crippen MR) is 81.9 cm³/mol. The number of hydrogen-bond donors (Lipinski definition) is 0. The summed E-state index contributed by atoms with van der Waals surface area (Å²) in [6.45, 7) is 7.51. The Morgan fingerprint density at radius 3 is 2.73 bits per heavy atom. The Bertz CT molecular complexity index is 546. The van der Waals surface area contributed by atoms with Crippen molar-refractivity contribution < 1.29 is 13.9 Å². The summed E-state index contributed by atoms with van der Waals surface area (Å²) in [7, 11) is 0. The third-order valence-electron chi connectivity index (χ3n) is 5.25. The Kier molecular flexibility index (Phi) is 3.70. The van der Waals surface area contributed by atoms with Crippen molar-refractivity contribution in [3.05, 3.63) is 23.7 Å². The van der Waals surface area contributed by atoms with Gasteiger partial charge in [-0.05, 0) is 24.8 Å². The van der Waals surface area contributed by atoms with Crippen LogP contribution in [0.15, 0.2) is 16.7 Å². The first-order valence-corrected chi connectivity index (χ1v) is 8.42. The smallest absolute Gasteiger partial charge is 0.257 e. The SMILES string of the molecule is C[C@H]1CN(C(=O)c2ccoc2C2CC2)C[C@H]1N1CCOCC1. The van der Waals surface area contributed by atoms with E-state index in [0.717, 1.165) is 63.6 Å². The lowest BCUT2D eigenvalue weighted by atomic mass is 10.0. The zero-order valence-electron chi connectivity index (χ0n) is 13.2. The number of hydrogen-bond acceptors (Lipinski definition) is 4. The molecular weight excluding hydrogens is 280 g/mol. The van der Waals surface area contributed by atoms with Gasteiger partial charge in [0.1, 0.15) is 5.76 Å². The fourth-order valence-corrected chi connectivity index (χ4v) is 3.83. The number of morpholine rings is 1. The van der Waals surface area contributed by atoms with Crippen molar-refractivity contribution >= 4 is 5.91 Å². The van der Waals surface area contributed by atoms with E-state index in [9.17, 15) is 4.79 Å². The van der Waals surface area contributed by atoms with E-state index in [-0.39, 0.29) is 5.91 Å². The second kappa shape index (κ2) is 5.70. The maximum absolute atomic E-state index is 12.9. The summed E-state index contributed by atoms with van der Waals surface area (Å²) in [6.07, 6.45) is 3.97. The molecule has 0 radical (unpaired) electrons. The van der Waals surface area contributed by atoms with E-state index >= 15 is 0 Å². The van der Waals surface area contributed by atoms with E-state index < -0.39 is 0 Å². The van der Waals surface area contributed by atoms with Crippen molar-refractivity contribution in [2.45, 2.75) is 31.7 Å². The minimum absolute atomic E-state index is 0.151. The first-order chi connectivity index (χ1) is 10.7. The van der Waals surface area contributed by atoms with Crippen molar-refractivity contribution in [2.24, 2.45) is 5.92 Å². The molecule has 1 amide bonds. The van der Waals surface area contributed by atoms with Crippen LogP contribution in [-0.2, 0) is 4.74 Å². The van der Waals surface area contributed by atoms with Gasteiger partial charge in [0, 0.05) is 38.1 Å². The lowest BCUT2D eigenvalue weighted by Crippen LogP contribution is -2.47. The molecule has 4 rings (SSSR count). The zero-order chi connectivity index (χ0) is 15.1. The van der Waals surface area contributed by atoms with Gasteiger partial charge in [-0.3, -0.25) is 9.69 Å². The maximum Gasteiger partial charge on any atom is 0.257 e. The Morgan fingerprint density at radius 2 is 2.00 bits per heavy atom. The van der Waals surface area contributed by atoms with E-state index in [1.54, 1.807) is 6.26 Å². The van der Waals surface area contributed by atoms with E-state index in [2.05, 4.69) is 11.8 Å². The molecule has 0 spiro atoms. The van der Waals surface area contributed by atoms with Crippen LogP contribution >= 0.6 is 0 Å². The molecule has 3 fully saturated rings. The largest absolute Gasteiger partial charge is 0.468 e. The van der Waals surface area contributed by atoms with Gasteiger partial charge in [-0.25, -0.2) is 0 Å². The first-order valence-electron chi connectivity index (χ1n) is 8.42. The fraction of sp³-hybridized carbons (Fsp3) is 0.706. The Balaban J connectivity index is 1.46. The van der Waals surface area contributed by atoms with Crippen LogP contribution in [0.2, 0.25) is 0 Å². The molecule has 0 bridgehead atoms. The molecule has 2 saturated heterocycles. The molecule has 3 aliphatic rings. The van der Waals surface area contributed by atoms with Gasteiger partial charge in [0.2, 0.25) is 0 Å². The van der Waals surface area contributed by atoms with Crippen LogP contribution in [0.4, 0.5) is 0 Å². The number of nitrogens with zero attached hydrogens (tertiary/aromatic N) is 2. The number of furan rings is 1. The number of amides is 1. The Hall–Kier alpha value is -1.33. The molecule has 0 N–H and O–H groups in total. The summed E-state index contributed by atoms with van der Waals surface area (Å²) >= 11 is 0. The monoisotopic (exact) mass is 304 g/mol. The maximum atomic E-state index is 12.9.